The van der Waals surface area contributed by atoms with Gasteiger partial charge in [-0.05, 0) is 24.3 Å². The lowest BCUT2D eigenvalue weighted by molar-refractivity contribution is 0.114. The summed E-state index contributed by atoms with van der Waals surface area (Å²) in [4.78, 5) is 0. The summed E-state index contributed by atoms with van der Waals surface area (Å²) in [6, 6.07) is 9.11. The Labute approximate surface area is 145 Å². The van der Waals surface area contributed by atoms with Gasteiger partial charge in [0.15, 0.2) is 0 Å². The average molecular weight is 369 g/mol. The van der Waals surface area contributed by atoms with Crippen LogP contribution in [0, 0.1) is 0 Å². The van der Waals surface area contributed by atoms with Gasteiger partial charge in [-0.3, -0.25) is 4.31 Å². The fraction of sp³-hybridized carbons (Fsp3) is 0.200. The normalized spacial score (nSPS) is 13.9. The summed E-state index contributed by atoms with van der Waals surface area (Å²) in [6.07, 6.45) is 1.49. The summed E-state index contributed by atoms with van der Waals surface area (Å²) >= 11 is 0. The fourth-order valence-corrected chi connectivity index (χ4v) is 2.60. The molecule has 4 N–H and O–H groups in total. The monoisotopic (exact) mass is 369 g/mol. The summed E-state index contributed by atoms with van der Waals surface area (Å²) in [5, 5.41) is 6.62. The van der Waals surface area contributed by atoms with Gasteiger partial charge in [-0.2, -0.15) is 8.78 Å². The lowest BCUT2D eigenvalue weighted by Crippen LogP contribution is -2.29. The van der Waals surface area contributed by atoms with Crippen molar-refractivity contribution in [1.82, 2.24) is 10.2 Å². The van der Waals surface area contributed by atoms with Crippen LogP contribution >= 0.6 is 0 Å². The van der Waals surface area contributed by atoms with Crippen molar-refractivity contribution in [2.45, 2.75) is 6.43 Å². The molecule has 10 heteroatoms. The minimum atomic E-state index is -2.87. The Balaban J connectivity index is 2.12. The third-order valence-corrected chi connectivity index (χ3v) is 3.99. The number of nitrogens with zero attached hydrogens (tertiary/aromatic N) is 3. The molecule has 134 valence electrons. The number of hydrogen-bond acceptors (Lipinski definition) is 6. The number of para-hydroxylation sites is 1. The van der Waals surface area contributed by atoms with Gasteiger partial charge in [0, 0.05) is 17.6 Å². The van der Waals surface area contributed by atoms with Gasteiger partial charge >= 0.3 is 6.43 Å². The van der Waals surface area contributed by atoms with Gasteiger partial charge in [-0.15, -0.1) is 10.2 Å². The summed E-state index contributed by atoms with van der Waals surface area (Å²) in [7, 11) is -1.29. The zero-order valence-electron chi connectivity index (χ0n) is 13.3. The van der Waals surface area contributed by atoms with Crippen molar-refractivity contribution in [2.24, 2.45) is 11.5 Å². The van der Waals surface area contributed by atoms with Gasteiger partial charge in [-0.25, -0.2) is 4.21 Å². The van der Waals surface area contributed by atoms with Crippen LogP contribution in [-0.4, -0.2) is 27.2 Å². The van der Waals surface area contributed by atoms with Crippen LogP contribution in [0.2, 0.25) is 0 Å². The summed E-state index contributed by atoms with van der Waals surface area (Å²) in [6.45, 7) is 0.184. The molecule has 0 amide bonds. The maximum absolute atomic E-state index is 12.4. The Hall–Kier alpha value is -2.75. The Morgan fingerprint density at radius 3 is 2.52 bits per heavy atom. The van der Waals surface area contributed by atoms with Gasteiger partial charge in [0.25, 0.3) is 11.8 Å². The van der Waals surface area contributed by atoms with Crippen molar-refractivity contribution in [2.75, 3.05) is 17.1 Å². The first kappa shape index (κ1) is 18.6. The molecule has 0 bridgehead atoms. The highest BCUT2D eigenvalue weighted by atomic mass is 32.2. The molecule has 0 saturated heterocycles. The van der Waals surface area contributed by atoms with Crippen molar-refractivity contribution < 1.29 is 17.4 Å². The summed E-state index contributed by atoms with van der Waals surface area (Å²) in [5.41, 5.74) is 12.7. The predicted octanol–water partition coefficient (Wildman–Crippen LogP) is 1.95. The number of hydrogen-bond donors (Lipinski definition) is 2. The molecule has 2 rings (SSSR count). The maximum Gasteiger partial charge on any atom is 0.314 e. The highest BCUT2D eigenvalue weighted by Crippen LogP contribution is 2.19. The number of halogens is 2. The molecule has 1 aromatic carbocycles. The number of nitrogens with two attached hydrogens (primary N) is 2. The summed E-state index contributed by atoms with van der Waals surface area (Å²) in [5.74, 6) is -1.03. The minimum absolute atomic E-state index is 0.00812. The zero-order valence-corrected chi connectivity index (χ0v) is 14.1. The van der Waals surface area contributed by atoms with Crippen molar-refractivity contribution in [3.8, 4) is 0 Å². The molecule has 0 radical (unpaired) electrons. The molecule has 0 fully saturated rings. The van der Waals surface area contributed by atoms with Crippen molar-refractivity contribution >= 4 is 22.4 Å². The number of anilines is 1. The average Bonchev–Trinajstić information content (AvgIpc) is 3.08. The summed E-state index contributed by atoms with van der Waals surface area (Å²) < 4.78 is 43.1. The van der Waals surface area contributed by atoms with Crippen LogP contribution in [0.15, 0.2) is 52.6 Å². The standard InChI is InChI=1S/C15H17F2N5O2S/c1-25(23)22(11-5-3-2-4-6-11)9-10(18)7-8-12(19)14-20-21-15(24-14)13(16)17/h2-8,13H,9,18-19H2,1H3/b10-7-,12-8-. The first-order chi connectivity index (χ1) is 11.9. The third kappa shape index (κ3) is 5.11. The highest BCUT2D eigenvalue weighted by molar-refractivity contribution is 7.85. The molecule has 1 aromatic heterocycles. The molecule has 7 nitrogen and oxygen atoms in total. The van der Waals surface area contributed by atoms with Crippen molar-refractivity contribution in [3.05, 3.63) is 60.0 Å². The fourth-order valence-electron chi connectivity index (χ4n) is 1.85. The largest absolute Gasteiger partial charge is 0.414 e. The molecular weight excluding hydrogens is 352 g/mol. The third-order valence-electron chi connectivity index (χ3n) is 3.03. The van der Waals surface area contributed by atoms with E-state index in [9.17, 15) is 13.0 Å². The van der Waals surface area contributed by atoms with Crippen LogP contribution in [-0.2, 0) is 11.0 Å². The lowest BCUT2D eigenvalue weighted by atomic mass is 10.3. The number of alkyl halides is 2. The Bertz CT molecular complexity index is 792. The Morgan fingerprint density at radius 2 is 1.96 bits per heavy atom. The molecule has 1 heterocycles. The maximum atomic E-state index is 12.4. The Morgan fingerprint density at radius 1 is 1.28 bits per heavy atom. The van der Waals surface area contributed by atoms with E-state index in [1.165, 1.54) is 18.4 Å². The molecule has 1 unspecified atom stereocenters. The number of aromatic nitrogens is 2. The first-order valence-corrected chi connectivity index (χ1v) is 8.60. The molecular formula is C15H17F2N5O2S. The van der Waals surface area contributed by atoms with Crippen LogP contribution in [0.4, 0.5) is 14.5 Å². The first-order valence-electron chi connectivity index (χ1n) is 7.08. The van der Waals surface area contributed by atoms with Gasteiger partial charge < -0.3 is 15.9 Å². The molecule has 2 aromatic rings. The molecule has 0 spiro atoms. The second-order valence-electron chi connectivity index (χ2n) is 4.91. The van der Waals surface area contributed by atoms with E-state index in [0.29, 0.717) is 5.70 Å². The molecule has 0 aliphatic rings. The van der Waals surface area contributed by atoms with E-state index in [0.717, 1.165) is 5.69 Å². The van der Waals surface area contributed by atoms with E-state index in [2.05, 4.69) is 10.2 Å². The van der Waals surface area contributed by atoms with Gasteiger partial charge in [0.05, 0.1) is 12.2 Å². The molecule has 0 saturated carbocycles. The molecule has 0 aliphatic heterocycles. The van der Waals surface area contributed by atoms with E-state index in [1.54, 1.807) is 4.31 Å². The highest BCUT2D eigenvalue weighted by Gasteiger charge is 2.17. The van der Waals surface area contributed by atoms with Crippen molar-refractivity contribution in [1.29, 1.82) is 0 Å². The van der Waals surface area contributed by atoms with E-state index < -0.39 is 23.3 Å². The molecule has 25 heavy (non-hydrogen) atoms. The van der Waals surface area contributed by atoms with Crippen LogP contribution < -0.4 is 15.8 Å². The quantitative estimate of drug-likeness (QED) is 0.722. The predicted molar refractivity (Wildman–Crippen MR) is 91.5 cm³/mol. The van der Waals surface area contributed by atoms with Gasteiger partial charge in [0.2, 0.25) is 0 Å². The smallest absolute Gasteiger partial charge is 0.314 e. The van der Waals surface area contributed by atoms with E-state index in [-0.39, 0.29) is 18.1 Å². The second-order valence-corrected chi connectivity index (χ2v) is 6.19. The second kappa shape index (κ2) is 8.38. The van der Waals surface area contributed by atoms with Crippen LogP contribution in [0.25, 0.3) is 5.70 Å². The van der Waals surface area contributed by atoms with Gasteiger partial charge in [0.1, 0.15) is 11.0 Å². The van der Waals surface area contributed by atoms with Crippen LogP contribution in [0.5, 0.6) is 0 Å². The van der Waals surface area contributed by atoms with Crippen molar-refractivity contribution in [3.63, 3.8) is 0 Å². The number of rotatable bonds is 7. The van der Waals surface area contributed by atoms with Gasteiger partial charge in [-0.1, -0.05) is 18.2 Å². The number of benzene rings is 1. The zero-order chi connectivity index (χ0) is 18.4. The van der Waals surface area contributed by atoms with E-state index in [1.807, 2.05) is 30.3 Å². The SMILES string of the molecule is CS(=O)N(C/C(N)=C/C=C(\N)c1nnc(C(F)F)o1)c1ccccc1. The van der Waals surface area contributed by atoms with E-state index >= 15 is 0 Å². The number of allylic oxidation sites excluding steroid dienone is 2. The van der Waals surface area contributed by atoms with Crippen LogP contribution in [0.1, 0.15) is 18.2 Å². The van der Waals surface area contributed by atoms with E-state index in [4.69, 9.17) is 15.9 Å². The molecule has 1 atom stereocenters. The topological polar surface area (TPSA) is 111 Å². The minimum Gasteiger partial charge on any atom is -0.414 e. The Kier molecular flexibility index (Phi) is 6.23. The lowest BCUT2D eigenvalue weighted by Gasteiger charge is -2.21. The molecule has 0 aliphatic carbocycles. The van der Waals surface area contributed by atoms with Crippen LogP contribution in [0.3, 0.4) is 0 Å².